The van der Waals surface area contributed by atoms with E-state index in [1.807, 2.05) is 36.4 Å². The van der Waals surface area contributed by atoms with Crippen molar-refractivity contribution in [1.82, 2.24) is 5.32 Å². The van der Waals surface area contributed by atoms with Gasteiger partial charge in [-0.2, -0.15) is 5.26 Å². The molecule has 4 nitrogen and oxygen atoms in total. The highest BCUT2D eigenvalue weighted by Crippen LogP contribution is 2.26. The van der Waals surface area contributed by atoms with Crippen LogP contribution in [0.5, 0.6) is 0 Å². The number of amides is 1. The zero-order valence-electron chi connectivity index (χ0n) is 14.9. The van der Waals surface area contributed by atoms with E-state index >= 15 is 0 Å². The quantitative estimate of drug-likeness (QED) is 0.535. The summed E-state index contributed by atoms with van der Waals surface area (Å²) in [5.74, 6) is -0.0349. The topological polar surface area (TPSA) is 64.9 Å². The summed E-state index contributed by atoms with van der Waals surface area (Å²) in [5, 5.41) is 15.8. The molecule has 2 N–H and O–H groups in total. The molecule has 0 aliphatic rings. The van der Waals surface area contributed by atoms with Crippen LogP contribution in [0.4, 0.5) is 5.69 Å². The van der Waals surface area contributed by atoms with Gasteiger partial charge in [0, 0.05) is 23.5 Å². The molecular formula is C21H22ClN3O. The van der Waals surface area contributed by atoms with Crippen molar-refractivity contribution in [1.29, 1.82) is 5.26 Å². The van der Waals surface area contributed by atoms with Crippen LogP contribution in [0.15, 0.2) is 60.3 Å². The summed E-state index contributed by atoms with van der Waals surface area (Å²) >= 11 is 5.84. The maximum absolute atomic E-state index is 12.2. The standard InChI is InChI=1S/C21H22ClN3O/c1-3-15(2)19-6-4-5-7-20(19)24-14-17(12-23)21(26)25-13-16-8-10-18(22)11-9-16/h4-11,14-15,24H,3,13H2,1-2H3,(H,25,26)/b17-14-. The van der Waals surface area contributed by atoms with Gasteiger partial charge in [0.25, 0.3) is 5.91 Å². The minimum absolute atomic E-state index is 0.0259. The molecule has 0 spiro atoms. The average Bonchev–Trinajstić information content (AvgIpc) is 2.67. The van der Waals surface area contributed by atoms with Crippen molar-refractivity contribution in [2.24, 2.45) is 0 Å². The number of nitriles is 1. The van der Waals surface area contributed by atoms with Gasteiger partial charge < -0.3 is 10.6 Å². The van der Waals surface area contributed by atoms with Crippen LogP contribution in [0, 0.1) is 11.3 Å². The molecule has 1 atom stereocenters. The van der Waals surface area contributed by atoms with Crippen LogP contribution in [-0.4, -0.2) is 5.91 Å². The van der Waals surface area contributed by atoms with Crippen LogP contribution < -0.4 is 10.6 Å². The molecule has 5 heteroatoms. The van der Waals surface area contributed by atoms with E-state index in [2.05, 4.69) is 30.5 Å². The first-order valence-corrected chi connectivity index (χ1v) is 8.91. The van der Waals surface area contributed by atoms with Crippen LogP contribution >= 0.6 is 11.6 Å². The van der Waals surface area contributed by atoms with Gasteiger partial charge in [-0.05, 0) is 41.7 Å². The highest BCUT2D eigenvalue weighted by atomic mass is 35.5. The van der Waals surface area contributed by atoms with Crippen molar-refractivity contribution in [2.45, 2.75) is 32.7 Å². The van der Waals surface area contributed by atoms with E-state index in [1.165, 1.54) is 6.20 Å². The third-order valence-corrected chi connectivity index (χ3v) is 4.46. The molecule has 0 fully saturated rings. The van der Waals surface area contributed by atoms with Gasteiger partial charge in [0.05, 0.1) is 0 Å². The van der Waals surface area contributed by atoms with Gasteiger partial charge in [0.15, 0.2) is 0 Å². The van der Waals surface area contributed by atoms with Crippen LogP contribution in [-0.2, 0) is 11.3 Å². The van der Waals surface area contributed by atoms with E-state index < -0.39 is 5.91 Å². The average molecular weight is 368 g/mol. The van der Waals surface area contributed by atoms with E-state index in [1.54, 1.807) is 12.1 Å². The first-order valence-electron chi connectivity index (χ1n) is 8.53. The summed E-state index contributed by atoms with van der Waals surface area (Å²) in [6, 6.07) is 17.0. The Kier molecular flexibility index (Phi) is 7.25. The van der Waals surface area contributed by atoms with Gasteiger partial charge in [-0.15, -0.1) is 0 Å². The number of rotatable bonds is 7. The third-order valence-electron chi connectivity index (χ3n) is 4.21. The van der Waals surface area contributed by atoms with Crippen LogP contribution in [0.1, 0.15) is 37.3 Å². The molecule has 26 heavy (non-hydrogen) atoms. The molecule has 2 aromatic rings. The Morgan fingerprint density at radius 1 is 1.23 bits per heavy atom. The Morgan fingerprint density at radius 3 is 2.58 bits per heavy atom. The van der Waals surface area contributed by atoms with E-state index in [0.717, 1.165) is 23.2 Å². The molecule has 2 aromatic carbocycles. The normalized spacial score (nSPS) is 12.2. The Bertz CT molecular complexity index is 822. The minimum Gasteiger partial charge on any atom is -0.360 e. The van der Waals surface area contributed by atoms with Gasteiger partial charge in [-0.1, -0.05) is 55.8 Å². The summed E-state index contributed by atoms with van der Waals surface area (Å²) in [6.45, 7) is 4.61. The minimum atomic E-state index is -0.420. The third kappa shape index (κ3) is 5.37. The van der Waals surface area contributed by atoms with Crippen molar-refractivity contribution in [3.63, 3.8) is 0 Å². The number of nitrogens with one attached hydrogen (secondary N) is 2. The van der Waals surface area contributed by atoms with E-state index in [0.29, 0.717) is 17.5 Å². The number of carbonyl (C=O) groups is 1. The van der Waals surface area contributed by atoms with Crippen molar-refractivity contribution in [3.8, 4) is 6.07 Å². The number of para-hydroxylation sites is 1. The van der Waals surface area contributed by atoms with Crippen molar-refractivity contribution in [3.05, 3.63) is 76.5 Å². The van der Waals surface area contributed by atoms with Crippen LogP contribution in [0.25, 0.3) is 0 Å². The highest BCUT2D eigenvalue weighted by Gasteiger charge is 2.11. The summed E-state index contributed by atoms with van der Waals surface area (Å²) in [5.41, 5.74) is 3.00. The molecular weight excluding hydrogens is 346 g/mol. The Morgan fingerprint density at radius 2 is 1.92 bits per heavy atom. The zero-order valence-corrected chi connectivity index (χ0v) is 15.7. The SMILES string of the molecule is CCC(C)c1ccccc1N/C=C(/C#N)C(=O)NCc1ccc(Cl)cc1. The Balaban J connectivity index is 2.05. The van der Waals surface area contributed by atoms with E-state index in [4.69, 9.17) is 11.6 Å². The second-order valence-electron chi connectivity index (χ2n) is 6.02. The van der Waals surface area contributed by atoms with Gasteiger partial charge in [0.1, 0.15) is 11.6 Å². The molecule has 0 saturated heterocycles. The predicted molar refractivity (Wildman–Crippen MR) is 106 cm³/mol. The van der Waals surface area contributed by atoms with Crippen molar-refractivity contribution < 1.29 is 4.79 Å². The first-order chi connectivity index (χ1) is 12.5. The molecule has 1 unspecified atom stereocenters. The molecule has 0 aromatic heterocycles. The van der Waals surface area contributed by atoms with Gasteiger partial charge in [-0.3, -0.25) is 4.79 Å². The fraction of sp³-hybridized carbons (Fsp3) is 0.238. The number of halogens is 1. The zero-order chi connectivity index (χ0) is 18.9. The van der Waals surface area contributed by atoms with Gasteiger partial charge in [0.2, 0.25) is 0 Å². The van der Waals surface area contributed by atoms with Gasteiger partial charge >= 0.3 is 0 Å². The monoisotopic (exact) mass is 367 g/mol. The summed E-state index contributed by atoms with van der Waals surface area (Å²) in [7, 11) is 0. The largest absolute Gasteiger partial charge is 0.360 e. The fourth-order valence-corrected chi connectivity index (χ4v) is 2.58. The van der Waals surface area contributed by atoms with E-state index in [9.17, 15) is 10.1 Å². The predicted octanol–water partition coefficient (Wildman–Crippen LogP) is 4.99. The lowest BCUT2D eigenvalue weighted by molar-refractivity contribution is -0.117. The summed E-state index contributed by atoms with van der Waals surface area (Å²) in [4.78, 5) is 12.2. The molecule has 2 rings (SSSR count). The van der Waals surface area contributed by atoms with Gasteiger partial charge in [-0.25, -0.2) is 0 Å². The summed E-state index contributed by atoms with van der Waals surface area (Å²) in [6.07, 6.45) is 2.47. The Hall–Kier alpha value is -2.77. The molecule has 0 saturated carbocycles. The number of carbonyl (C=O) groups excluding carboxylic acids is 1. The van der Waals surface area contributed by atoms with Crippen molar-refractivity contribution in [2.75, 3.05) is 5.32 Å². The number of benzene rings is 2. The second-order valence-corrected chi connectivity index (χ2v) is 6.46. The maximum atomic E-state index is 12.2. The van der Waals surface area contributed by atoms with E-state index in [-0.39, 0.29) is 5.57 Å². The molecule has 134 valence electrons. The Labute approximate surface area is 159 Å². The smallest absolute Gasteiger partial charge is 0.263 e. The lowest BCUT2D eigenvalue weighted by atomic mass is 9.97. The molecule has 0 heterocycles. The summed E-state index contributed by atoms with van der Waals surface area (Å²) < 4.78 is 0. The maximum Gasteiger partial charge on any atom is 0.263 e. The van der Waals surface area contributed by atoms with Crippen molar-refractivity contribution >= 4 is 23.2 Å². The number of hydrogen-bond acceptors (Lipinski definition) is 3. The number of hydrogen-bond donors (Lipinski definition) is 2. The lowest BCUT2D eigenvalue weighted by Crippen LogP contribution is -2.24. The molecule has 0 aliphatic heterocycles. The van der Waals surface area contributed by atoms with Crippen LogP contribution in [0.2, 0.25) is 5.02 Å². The lowest BCUT2D eigenvalue weighted by Gasteiger charge is -2.14. The molecule has 0 radical (unpaired) electrons. The molecule has 1 amide bonds. The number of anilines is 1. The van der Waals surface area contributed by atoms with Crippen LogP contribution in [0.3, 0.4) is 0 Å². The highest BCUT2D eigenvalue weighted by molar-refractivity contribution is 6.30. The fourth-order valence-electron chi connectivity index (χ4n) is 2.46. The second kappa shape index (κ2) is 9.65. The molecule has 0 bridgehead atoms. The molecule has 0 aliphatic carbocycles. The first kappa shape index (κ1) is 19.6. The number of nitrogens with zero attached hydrogens (tertiary/aromatic N) is 1.